The summed E-state index contributed by atoms with van der Waals surface area (Å²) in [5.41, 5.74) is 0.810. The summed E-state index contributed by atoms with van der Waals surface area (Å²) in [7, 11) is 0. The van der Waals surface area contributed by atoms with Gasteiger partial charge in [0.25, 0.3) is 0 Å². The zero-order valence-electron chi connectivity index (χ0n) is 10.2. The fourth-order valence-corrected chi connectivity index (χ4v) is 1.99. The van der Waals surface area contributed by atoms with Gasteiger partial charge >= 0.3 is 0 Å². The van der Waals surface area contributed by atoms with Crippen LogP contribution in [0.1, 0.15) is 18.5 Å². The van der Waals surface area contributed by atoms with Crippen LogP contribution in [0.2, 0.25) is 5.02 Å². The third-order valence-corrected chi connectivity index (χ3v) is 3.02. The topological polar surface area (TPSA) is 52.5 Å². The van der Waals surface area contributed by atoms with E-state index in [1.54, 1.807) is 13.0 Å². The van der Waals surface area contributed by atoms with E-state index in [1.165, 1.54) is 30.3 Å². The van der Waals surface area contributed by atoms with Gasteiger partial charge in [-0.05, 0) is 37.3 Å². The Hall–Kier alpha value is -1.94. The van der Waals surface area contributed by atoms with Gasteiger partial charge in [0.2, 0.25) is 0 Å². The van der Waals surface area contributed by atoms with E-state index in [4.69, 9.17) is 11.6 Å². The second kappa shape index (κ2) is 5.36. The molecule has 19 heavy (non-hydrogen) atoms. The number of rotatable bonds is 3. The molecule has 0 amide bonds. The zero-order valence-corrected chi connectivity index (χ0v) is 10.9. The molecule has 2 rings (SSSR count). The lowest BCUT2D eigenvalue weighted by Gasteiger charge is -2.17. The van der Waals surface area contributed by atoms with Crippen molar-refractivity contribution >= 4 is 17.3 Å². The number of phenolic OH excluding ortho intramolecular Hbond substituents is 2. The average Bonchev–Trinajstić information content (AvgIpc) is 2.33. The van der Waals surface area contributed by atoms with Crippen LogP contribution in [0.4, 0.5) is 10.1 Å². The van der Waals surface area contributed by atoms with E-state index >= 15 is 0 Å². The molecule has 0 aliphatic heterocycles. The van der Waals surface area contributed by atoms with Crippen LogP contribution in [0, 0.1) is 5.82 Å². The van der Waals surface area contributed by atoms with Gasteiger partial charge in [0.05, 0.1) is 11.7 Å². The molecule has 0 aromatic heterocycles. The number of anilines is 1. The molecule has 1 unspecified atom stereocenters. The molecule has 0 saturated carbocycles. The first-order valence-corrected chi connectivity index (χ1v) is 6.08. The van der Waals surface area contributed by atoms with Crippen LogP contribution in [0.5, 0.6) is 11.5 Å². The van der Waals surface area contributed by atoms with Gasteiger partial charge in [-0.15, -0.1) is 0 Å². The van der Waals surface area contributed by atoms with Gasteiger partial charge in [-0.3, -0.25) is 0 Å². The molecule has 0 bridgehead atoms. The van der Waals surface area contributed by atoms with Crippen molar-refractivity contribution in [3.05, 3.63) is 52.8 Å². The second-order valence-electron chi connectivity index (χ2n) is 4.23. The van der Waals surface area contributed by atoms with Gasteiger partial charge in [-0.1, -0.05) is 11.6 Å². The maximum Gasteiger partial charge on any atom is 0.146 e. The van der Waals surface area contributed by atoms with Crippen molar-refractivity contribution in [1.82, 2.24) is 0 Å². The molecule has 0 saturated heterocycles. The molecule has 2 aromatic rings. The van der Waals surface area contributed by atoms with Crippen molar-refractivity contribution < 1.29 is 14.6 Å². The van der Waals surface area contributed by atoms with E-state index < -0.39 is 5.82 Å². The Morgan fingerprint density at radius 2 is 1.89 bits per heavy atom. The minimum atomic E-state index is -0.422. The highest BCUT2D eigenvalue weighted by Crippen LogP contribution is 2.31. The Morgan fingerprint density at radius 3 is 2.58 bits per heavy atom. The first-order valence-electron chi connectivity index (χ1n) is 5.71. The van der Waals surface area contributed by atoms with Gasteiger partial charge in [0.15, 0.2) is 0 Å². The first-order chi connectivity index (χ1) is 8.97. The minimum absolute atomic E-state index is 0.0256. The summed E-state index contributed by atoms with van der Waals surface area (Å²) in [5, 5.41) is 22.3. The Kier molecular flexibility index (Phi) is 3.81. The van der Waals surface area contributed by atoms with Gasteiger partial charge in [-0.2, -0.15) is 0 Å². The average molecular weight is 282 g/mol. The highest BCUT2D eigenvalue weighted by molar-refractivity contribution is 6.30. The second-order valence-corrected chi connectivity index (χ2v) is 4.67. The van der Waals surface area contributed by atoms with Crippen LogP contribution < -0.4 is 5.32 Å². The number of halogens is 2. The van der Waals surface area contributed by atoms with Crippen LogP contribution >= 0.6 is 11.6 Å². The number of hydrogen-bond acceptors (Lipinski definition) is 3. The minimum Gasteiger partial charge on any atom is -0.508 e. The third kappa shape index (κ3) is 3.09. The number of nitrogens with one attached hydrogen (secondary N) is 1. The predicted octanol–water partition coefficient (Wildman–Crippen LogP) is 4.06. The molecule has 0 radical (unpaired) electrons. The van der Waals surface area contributed by atoms with Gasteiger partial charge in [-0.25, -0.2) is 4.39 Å². The van der Waals surface area contributed by atoms with Crippen LogP contribution in [-0.2, 0) is 0 Å². The predicted molar refractivity (Wildman–Crippen MR) is 73.2 cm³/mol. The van der Waals surface area contributed by atoms with Crippen molar-refractivity contribution in [2.45, 2.75) is 13.0 Å². The summed E-state index contributed by atoms with van der Waals surface area (Å²) in [6, 6.07) is 8.14. The monoisotopic (exact) mass is 281 g/mol. The smallest absolute Gasteiger partial charge is 0.146 e. The van der Waals surface area contributed by atoms with Crippen LogP contribution in [0.25, 0.3) is 0 Å². The van der Waals surface area contributed by atoms with E-state index in [2.05, 4.69) is 5.32 Å². The van der Waals surface area contributed by atoms with Crippen LogP contribution in [0.3, 0.4) is 0 Å². The maximum absolute atomic E-state index is 13.6. The molecule has 0 spiro atoms. The van der Waals surface area contributed by atoms with Crippen LogP contribution in [-0.4, -0.2) is 10.2 Å². The lowest BCUT2D eigenvalue weighted by Crippen LogP contribution is -2.08. The maximum atomic E-state index is 13.6. The number of hydrogen-bond donors (Lipinski definition) is 3. The molecular formula is C14H13ClFNO2. The summed E-state index contributed by atoms with van der Waals surface area (Å²) in [5.74, 6) is -0.501. The molecule has 0 aliphatic carbocycles. The Balaban J connectivity index is 2.25. The molecule has 0 aliphatic rings. The number of aromatic hydroxyl groups is 2. The summed E-state index contributed by atoms with van der Waals surface area (Å²) >= 11 is 5.81. The fraction of sp³-hybridized carbons (Fsp3) is 0.143. The summed E-state index contributed by atoms with van der Waals surface area (Å²) in [6.45, 7) is 1.77. The van der Waals surface area contributed by atoms with Crippen molar-refractivity contribution in [2.75, 3.05) is 5.32 Å². The standard InChI is InChI=1S/C14H13ClFNO2/c1-8(11-4-3-10(18)7-14(11)19)17-13-6-9(15)2-5-12(13)16/h2-8,17-19H,1H3. The van der Waals surface area contributed by atoms with Crippen molar-refractivity contribution in [2.24, 2.45) is 0 Å². The van der Waals surface area contributed by atoms with Crippen molar-refractivity contribution in [3.63, 3.8) is 0 Å². The van der Waals surface area contributed by atoms with Crippen molar-refractivity contribution in [1.29, 1.82) is 0 Å². The summed E-state index contributed by atoms with van der Waals surface area (Å²) < 4.78 is 13.6. The van der Waals surface area contributed by atoms with E-state index in [0.29, 0.717) is 10.6 Å². The SMILES string of the molecule is CC(Nc1cc(Cl)ccc1F)c1ccc(O)cc1O. The molecule has 100 valence electrons. The molecular weight excluding hydrogens is 269 g/mol. The largest absolute Gasteiger partial charge is 0.508 e. The van der Waals surface area contributed by atoms with Crippen LogP contribution in [0.15, 0.2) is 36.4 Å². The lowest BCUT2D eigenvalue weighted by molar-refractivity contribution is 0.444. The molecule has 3 N–H and O–H groups in total. The highest BCUT2D eigenvalue weighted by atomic mass is 35.5. The fourth-order valence-electron chi connectivity index (χ4n) is 1.82. The molecule has 0 heterocycles. The first kappa shape index (κ1) is 13.5. The van der Waals surface area contributed by atoms with E-state index in [0.717, 1.165) is 0 Å². The molecule has 2 aromatic carbocycles. The molecule has 0 fully saturated rings. The number of phenols is 2. The third-order valence-electron chi connectivity index (χ3n) is 2.78. The normalized spacial score (nSPS) is 12.2. The lowest BCUT2D eigenvalue weighted by atomic mass is 10.1. The molecule has 1 atom stereocenters. The summed E-state index contributed by atoms with van der Waals surface area (Å²) in [4.78, 5) is 0. The molecule has 3 nitrogen and oxygen atoms in total. The zero-order chi connectivity index (χ0) is 14.0. The Bertz CT molecular complexity index is 604. The van der Waals surface area contributed by atoms with Gasteiger partial charge < -0.3 is 15.5 Å². The van der Waals surface area contributed by atoms with E-state index in [9.17, 15) is 14.6 Å². The quantitative estimate of drug-likeness (QED) is 0.795. The van der Waals surface area contributed by atoms with E-state index in [1.807, 2.05) is 0 Å². The van der Waals surface area contributed by atoms with Gasteiger partial charge in [0, 0.05) is 16.7 Å². The Labute approximate surface area is 115 Å². The Morgan fingerprint density at radius 1 is 1.16 bits per heavy atom. The van der Waals surface area contributed by atoms with Crippen molar-refractivity contribution in [3.8, 4) is 11.5 Å². The number of benzene rings is 2. The molecule has 5 heteroatoms. The van der Waals surface area contributed by atoms with E-state index in [-0.39, 0.29) is 23.2 Å². The summed E-state index contributed by atoms with van der Waals surface area (Å²) in [6.07, 6.45) is 0. The highest BCUT2D eigenvalue weighted by Gasteiger charge is 2.13. The van der Waals surface area contributed by atoms with Gasteiger partial charge in [0.1, 0.15) is 17.3 Å².